The summed E-state index contributed by atoms with van der Waals surface area (Å²) in [7, 11) is 0. The van der Waals surface area contributed by atoms with Gasteiger partial charge in [-0.25, -0.2) is 4.79 Å². The second kappa shape index (κ2) is 8.26. The maximum atomic E-state index is 10.2. The van der Waals surface area contributed by atoms with Gasteiger partial charge in [0, 0.05) is 13.2 Å². The molecule has 1 saturated heterocycles. The van der Waals surface area contributed by atoms with Crippen molar-refractivity contribution in [2.24, 2.45) is 0 Å². The van der Waals surface area contributed by atoms with Crippen LogP contribution in [0.25, 0.3) is 0 Å². The molecule has 0 amide bonds. The lowest BCUT2D eigenvalue weighted by atomic mass is 10.2. The molecule has 1 N–H and O–H groups in total. The number of aromatic carboxylic acids is 1. The van der Waals surface area contributed by atoms with E-state index < -0.39 is 5.97 Å². The molecule has 3 nitrogen and oxygen atoms in total. The lowest BCUT2D eigenvalue weighted by molar-refractivity contribution is 0.0697. The molecule has 0 spiro atoms. The van der Waals surface area contributed by atoms with Crippen LogP contribution < -0.4 is 0 Å². The highest BCUT2D eigenvalue weighted by atomic mass is 35.5. The average molecular weight is 231 g/mol. The van der Waals surface area contributed by atoms with Crippen molar-refractivity contribution in [2.45, 2.75) is 12.8 Å². The van der Waals surface area contributed by atoms with Gasteiger partial charge in [-0.05, 0) is 25.0 Å². The van der Waals surface area contributed by atoms with Crippen LogP contribution in [-0.2, 0) is 4.74 Å². The molecule has 0 unspecified atom stereocenters. The lowest BCUT2D eigenvalue weighted by Gasteiger charge is -1.88. The number of carboxylic acid groups (broad SMARTS) is 1. The Bertz CT molecular complexity index is 263. The fraction of sp³-hybridized carbons (Fsp3) is 0.364. The van der Waals surface area contributed by atoms with Crippen LogP contribution >= 0.6 is 12.4 Å². The topological polar surface area (TPSA) is 46.5 Å². The van der Waals surface area contributed by atoms with Crippen LogP contribution in [0.15, 0.2) is 30.3 Å². The lowest BCUT2D eigenvalue weighted by Crippen LogP contribution is -1.93. The van der Waals surface area contributed by atoms with Gasteiger partial charge in [0.05, 0.1) is 5.56 Å². The molecule has 15 heavy (non-hydrogen) atoms. The minimum absolute atomic E-state index is 0. The maximum absolute atomic E-state index is 10.2. The van der Waals surface area contributed by atoms with Crippen LogP contribution in [0.1, 0.15) is 23.2 Å². The second-order valence-electron chi connectivity index (χ2n) is 2.99. The minimum atomic E-state index is -0.879. The van der Waals surface area contributed by atoms with E-state index in [0.29, 0.717) is 5.56 Å². The molecule has 1 aliphatic rings. The normalized spacial score (nSPS) is 13.3. The average Bonchev–Trinajstić information content (AvgIpc) is 2.77. The van der Waals surface area contributed by atoms with Gasteiger partial charge in [0.1, 0.15) is 0 Å². The van der Waals surface area contributed by atoms with Crippen LogP contribution in [0, 0.1) is 0 Å². The SMILES string of the molecule is C1CCOC1.Cl.O=C(O)c1ccccc1. The smallest absolute Gasteiger partial charge is 0.335 e. The molecule has 1 aromatic carbocycles. The van der Waals surface area contributed by atoms with Gasteiger partial charge >= 0.3 is 5.97 Å². The molecule has 0 aromatic heterocycles. The van der Waals surface area contributed by atoms with Crippen molar-refractivity contribution < 1.29 is 14.6 Å². The predicted molar refractivity (Wildman–Crippen MR) is 60.7 cm³/mol. The van der Waals surface area contributed by atoms with Crippen LogP contribution in [0.4, 0.5) is 0 Å². The number of hydrogen-bond donors (Lipinski definition) is 1. The van der Waals surface area contributed by atoms with Gasteiger partial charge in [0.25, 0.3) is 0 Å². The molecule has 2 rings (SSSR count). The van der Waals surface area contributed by atoms with Gasteiger partial charge in [-0.15, -0.1) is 12.4 Å². The van der Waals surface area contributed by atoms with Gasteiger partial charge in [-0.2, -0.15) is 0 Å². The summed E-state index contributed by atoms with van der Waals surface area (Å²) >= 11 is 0. The molecule has 1 heterocycles. The maximum Gasteiger partial charge on any atom is 0.335 e. The first-order chi connectivity index (χ1) is 6.80. The first-order valence-electron chi connectivity index (χ1n) is 4.67. The van der Waals surface area contributed by atoms with E-state index in [0.717, 1.165) is 13.2 Å². The molecule has 1 aromatic rings. The molecule has 4 heteroatoms. The number of halogens is 1. The number of carboxylic acids is 1. The molecular weight excluding hydrogens is 216 g/mol. The Hall–Kier alpha value is -1.06. The number of rotatable bonds is 1. The molecule has 0 bridgehead atoms. The molecule has 1 fully saturated rings. The van der Waals surface area contributed by atoms with Crippen molar-refractivity contribution >= 4 is 18.4 Å². The van der Waals surface area contributed by atoms with Crippen LogP contribution in [0.3, 0.4) is 0 Å². The third-order valence-corrected chi connectivity index (χ3v) is 1.85. The van der Waals surface area contributed by atoms with Crippen LogP contribution in [-0.4, -0.2) is 24.3 Å². The Morgan fingerprint density at radius 3 is 1.93 bits per heavy atom. The van der Waals surface area contributed by atoms with Crippen molar-refractivity contribution in [1.82, 2.24) is 0 Å². The Kier molecular flexibility index (Phi) is 7.68. The predicted octanol–water partition coefficient (Wildman–Crippen LogP) is 2.60. The number of carbonyl (C=O) groups is 1. The summed E-state index contributed by atoms with van der Waals surface area (Å²) in [5, 5.41) is 8.38. The van der Waals surface area contributed by atoms with Gasteiger partial charge < -0.3 is 9.84 Å². The van der Waals surface area contributed by atoms with E-state index in [9.17, 15) is 4.79 Å². The number of ether oxygens (including phenoxy) is 1. The first kappa shape index (κ1) is 13.9. The Morgan fingerprint density at radius 1 is 1.13 bits per heavy atom. The van der Waals surface area contributed by atoms with Crippen molar-refractivity contribution in [3.8, 4) is 0 Å². The van der Waals surface area contributed by atoms with E-state index in [1.165, 1.54) is 12.8 Å². The first-order valence-corrected chi connectivity index (χ1v) is 4.67. The summed E-state index contributed by atoms with van der Waals surface area (Å²) < 4.78 is 4.94. The zero-order chi connectivity index (χ0) is 10.2. The van der Waals surface area contributed by atoms with Crippen molar-refractivity contribution in [3.05, 3.63) is 35.9 Å². The molecular formula is C11H15ClO3. The van der Waals surface area contributed by atoms with E-state index in [2.05, 4.69) is 0 Å². The molecule has 0 aliphatic carbocycles. The third kappa shape index (κ3) is 6.10. The molecule has 0 radical (unpaired) electrons. The van der Waals surface area contributed by atoms with Gasteiger partial charge in [0.15, 0.2) is 0 Å². The van der Waals surface area contributed by atoms with Crippen LogP contribution in [0.2, 0.25) is 0 Å². The highest BCUT2D eigenvalue weighted by molar-refractivity contribution is 5.87. The van der Waals surface area contributed by atoms with E-state index >= 15 is 0 Å². The van der Waals surface area contributed by atoms with Crippen molar-refractivity contribution in [2.75, 3.05) is 13.2 Å². The molecule has 0 atom stereocenters. The largest absolute Gasteiger partial charge is 0.478 e. The van der Waals surface area contributed by atoms with E-state index in [1.54, 1.807) is 30.3 Å². The number of hydrogen-bond acceptors (Lipinski definition) is 2. The third-order valence-electron chi connectivity index (χ3n) is 1.85. The highest BCUT2D eigenvalue weighted by Crippen LogP contribution is 1.98. The Labute approximate surface area is 95.5 Å². The Morgan fingerprint density at radius 2 is 1.67 bits per heavy atom. The summed E-state index contributed by atoms with van der Waals surface area (Å²) in [5.41, 5.74) is 0.331. The monoisotopic (exact) mass is 230 g/mol. The molecule has 84 valence electrons. The van der Waals surface area contributed by atoms with Crippen molar-refractivity contribution in [1.29, 1.82) is 0 Å². The summed E-state index contributed by atoms with van der Waals surface area (Å²) in [4.78, 5) is 10.2. The highest BCUT2D eigenvalue weighted by Gasteiger charge is 1.96. The van der Waals surface area contributed by atoms with Crippen molar-refractivity contribution in [3.63, 3.8) is 0 Å². The fourth-order valence-electron chi connectivity index (χ4n) is 1.09. The summed E-state index contributed by atoms with van der Waals surface area (Å²) in [6, 6.07) is 8.30. The fourth-order valence-corrected chi connectivity index (χ4v) is 1.09. The van der Waals surface area contributed by atoms with Gasteiger partial charge in [-0.3, -0.25) is 0 Å². The zero-order valence-electron chi connectivity index (χ0n) is 8.39. The summed E-state index contributed by atoms with van der Waals surface area (Å²) in [5.74, 6) is -0.879. The summed E-state index contributed by atoms with van der Waals surface area (Å²) in [6.45, 7) is 2.00. The molecule has 0 saturated carbocycles. The number of benzene rings is 1. The van der Waals surface area contributed by atoms with Gasteiger partial charge in [-0.1, -0.05) is 18.2 Å². The Balaban J connectivity index is 0.000000280. The van der Waals surface area contributed by atoms with E-state index in [-0.39, 0.29) is 12.4 Å². The second-order valence-corrected chi connectivity index (χ2v) is 2.99. The zero-order valence-corrected chi connectivity index (χ0v) is 9.20. The molecule has 1 aliphatic heterocycles. The van der Waals surface area contributed by atoms with E-state index in [1.807, 2.05) is 0 Å². The van der Waals surface area contributed by atoms with Gasteiger partial charge in [0.2, 0.25) is 0 Å². The summed E-state index contributed by atoms with van der Waals surface area (Å²) in [6.07, 6.45) is 2.56. The quantitative estimate of drug-likeness (QED) is 0.807. The minimum Gasteiger partial charge on any atom is -0.478 e. The van der Waals surface area contributed by atoms with Crippen LogP contribution in [0.5, 0.6) is 0 Å². The standard InChI is InChI=1S/C7H6O2.C4H8O.ClH/c8-7(9)6-4-2-1-3-5-6;1-2-4-5-3-1;/h1-5H,(H,8,9);1-4H2;1H. The van der Waals surface area contributed by atoms with E-state index in [4.69, 9.17) is 9.84 Å².